The van der Waals surface area contributed by atoms with Gasteiger partial charge in [0.25, 0.3) is 0 Å². The molecule has 1 aliphatic rings. The number of benzene rings is 1. The molecule has 0 saturated carbocycles. The van der Waals surface area contributed by atoms with Gasteiger partial charge in [-0.3, -0.25) is 0 Å². The molecule has 1 aromatic rings. The van der Waals surface area contributed by atoms with Crippen LogP contribution in [0.3, 0.4) is 0 Å². The molecule has 0 bridgehead atoms. The van der Waals surface area contributed by atoms with E-state index in [1.54, 1.807) is 6.07 Å². The van der Waals surface area contributed by atoms with Crippen molar-refractivity contribution in [1.29, 1.82) is 0 Å². The van der Waals surface area contributed by atoms with Crippen LogP contribution in [-0.2, 0) is 4.74 Å². The molecule has 2 unspecified atom stereocenters. The molecule has 1 aromatic carbocycles. The largest absolute Gasteiger partial charge is 0.419 e. The Balaban J connectivity index is 2.44. The lowest BCUT2D eigenvalue weighted by molar-refractivity contribution is -0.255. The number of hydrogen-bond acceptors (Lipinski definition) is 2. The summed E-state index contributed by atoms with van der Waals surface area (Å²) in [5, 5.41) is 9.19. The van der Waals surface area contributed by atoms with Crippen molar-refractivity contribution in [2.75, 3.05) is 0 Å². The molecule has 2 rings (SSSR count). The van der Waals surface area contributed by atoms with E-state index in [0.717, 1.165) is 0 Å². The molecule has 1 aliphatic heterocycles. The van der Waals surface area contributed by atoms with Crippen LogP contribution in [0.25, 0.3) is 0 Å². The number of halogens is 3. The Hall–Kier alpha value is -1.07. The summed E-state index contributed by atoms with van der Waals surface area (Å²) < 4.78 is 41.6. The highest BCUT2D eigenvalue weighted by Crippen LogP contribution is 2.46. The average Bonchev–Trinajstić information content (AvgIpc) is 2.44. The van der Waals surface area contributed by atoms with E-state index in [2.05, 4.69) is 4.74 Å². The fourth-order valence-corrected chi connectivity index (χ4v) is 1.50. The van der Waals surface area contributed by atoms with Crippen molar-refractivity contribution in [3.8, 4) is 0 Å². The van der Waals surface area contributed by atoms with Gasteiger partial charge in [-0.25, -0.2) is 0 Å². The lowest BCUT2D eigenvalue weighted by Gasteiger charge is -2.14. The first-order valence-electron chi connectivity index (χ1n) is 3.99. The minimum atomic E-state index is -4.48. The van der Waals surface area contributed by atoms with Gasteiger partial charge in [-0.05, 0) is 5.56 Å². The Kier molecular flexibility index (Phi) is 2.01. The third-order valence-electron chi connectivity index (χ3n) is 2.11. The highest BCUT2D eigenvalue weighted by Gasteiger charge is 2.48. The van der Waals surface area contributed by atoms with E-state index in [1.807, 2.05) is 0 Å². The Morgan fingerprint density at radius 2 is 1.71 bits per heavy atom. The van der Waals surface area contributed by atoms with E-state index < -0.39 is 18.6 Å². The molecule has 0 fully saturated rings. The summed E-state index contributed by atoms with van der Waals surface area (Å²) in [6.07, 6.45) is -7.96. The summed E-state index contributed by atoms with van der Waals surface area (Å²) in [5.74, 6) is 0. The van der Waals surface area contributed by atoms with Crippen molar-refractivity contribution in [3.05, 3.63) is 35.4 Å². The molecule has 0 radical (unpaired) electrons. The number of aliphatic hydroxyl groups excluding tert-OH is 1. The predicted octanol–water partition coefficient (Wildman–Crippen LogP) is 2.31. The normalized spacial score (nSPS) is 26.3. The second-order valence-corrected chi connectivity index (χ2v) is 3.04. The van der Waals surface area contributed by atoms with E-state index in [-0.39, 0.29) is 11.1 Å². The molecular weight excluding hydrogens is 197 g/mol. The summed E-state index contributed by atoms with van der Waals surface area (Å²) in [6, 6.07) is 5.78. The van der Waals surface area contributed by atoms with Gasteiger partial charge in [0.1, 0.15) is 0 Å². The van der Waals surface area contributed by atoms with Gasteiger partial charge in [-0.1, -0.05) is 24.3 Å². The van der Waals surface area contributed by atoms with Gasteiger partial charge in [0, 0.05) is 5.56 Å². The topological polar surface area (TPSA) is 29.5 Å². The zero-order valence-corrected chi connectivity index (χ0v) is 6.95. The standard InChI is InChI=1S/C9H7F3O2/c10-9(11,12)7-5-3-1-2-4-6(5)8(13)14-7/h1-4,7-8,13H. The smallest absolute Gasteiger partial charge is 0.364 e. The molecule has 0 aliphatic carbocycles. The van der Waals surface area contributed by atoms with Gasteiger partial charge in [-0.2, -0.15) is 13.2 Å². The van der Waals surface area contributed by atoms with E-state index in [9.17, 15) is 18.3 Å². The van der Waals surface area contributed by atoms with E-state index in [0.29, 0.717) is 0 Å². The number of ether oxygens (including phenoxy) is 1. The molecule has 0 aromatic heterocycles. The average molecular weight is 204 g/mol. The zero-order chi connectivity index (χ0) is 10.3. The summed E-state index contributed by atoms with van der Waals surface area (Å²) in [5.41, 5.74) is 0.183. The van der Waals surface area contributed by atoms with Crippen molar-refractivity contribution in [3.63, 3.8) is 0 Å². The highest BCUT2D eigenvalue weighted by atomic mass is 19.4. The molecule has 0 amide bonds. The lowest BCUT2D eigenvalue weighted by atomic mass is 10.1. The first-order chi connectivity index (χ1) is 6.50. The second-order valence-electron chi connectivity index (χ2n) is 3.04. The maximum atomic E-state index is 12.4. The van der Waals surface area contributed by atoms with Crippen LogP contribution in [0.15, 0.2) is 24.3 Å². The third kappa shape index (κ3) is 1.38. The summed E-state index contributed by atoms with van der Waals surface area (Å²) in [7, 11) is 0. The molecule has 0 spiro atoms. The predicted molar refractivity (Wildman–Crippen MR) is 41.3 cm³/mol. The molecule has 0 saturated heterocycles. The number of aliphatic hydroxyl groups is 1. The number of hydrogen-bond donors (Lipinski definition) is 1. The number of fused-ring (bicyclic) bond motifs is 1. The molecule has 76 valence electrons. The fourth-order valence-electron chi connectivity index (χ4n) is 1.50. The maximum Gasteiger partial charge on any atom is 0.419 e. The second kappa shape index (κ2) is 2.96. The minimum Gasteiger partial charge on any atom is -0.364 e. The monoisotopic (exact) mass is 204 g/mol. The molecular formula is C9H7F3O2. The summed E-state index contributed by atoms with van der Waals surface area (Å²) >= 11 is 0. The minimum absolute atomic E-state index is 0.00694. The first kappa shape index (κ1) is 9.48. The van der Waals surface area contributed by atoms with Crippen LogP contribution in [0.4, 0.5) is 13.2 Å². The van der Waals surface area contributed by atoms with Crippen LogP contribution in [0.5, 0.6) is 0 Å². The Morgan fingerprint density at radius 1 is 1.14 bits per heavy atom. The summed E-state index contributed by atoms with van der Waals surface area (Å²) in [4.78, 5) is 0. The Bertz CT molecular complexity index is 348. The van der Waals surface area contributed by atoms with Crippen molar-refractivity contribution >= 4 is 0 Å². The third-order valence-corrected chi connectivity index (χ3v) is 2.11. The van der Waals surface area contributed by atoms with Crippen LogP contribution in [0.2, 0.25) is 0 Å². The van der Waals surface area contributed by atoms with Gasteiger partial charge < -0.3 is 9.84 Å². The Labute approximate surface area is 77.9 Å². The SMILES string of the molecule is OC1OC(C(F)(F)F)c2ccccc21. The van der Waals surface area contributed by atoms with Gasteiger partial charge in [0.15, 0.2) is 12.4 Å². The van der Waals surface area contributed by atoms with Crippen molar-refractivity contribution < 1.29 is 23.0 Å². The van der Waals surface area contributed by atoms with E-state index in [4.69, 9.17) is 0 Å². The molecule has 14 heavy (non-hydrogen) atoms. The number of alkyl halides is 3. The van der Waals surface area contributed by atoms with Crippen LogP contribution in [0, 0.1) is 0 Å². The van der Waals surface area contributed by atoms with Gasteiger partial charge in [-0.15, -0.1) is 0 Å². The van der Waals surface area contributed by atoms with Crippen LogP contribution in [-0.4, -0.2) is 11.3 Å². The zero-order valence-electron chi connectivity index (χ0n) is 6.95. The molecule has 1 N–H and O–H groups in total. The number of rotatable bonds is 0. The molecule has 5 heteroatoms. The molecule has 2 atom stereocenters. The van der Waals surface area contributed by atoms with Crippen molar-refractivity contribution in [2.24, 2.45) is 0 Å². The fraction of sp³-hybridized carbons (Fsp3) is 0.333. The lowest BCUT2D eigenvalue weighted by Crippen LogP contribution is -2.20. The van der Waals surface area contributed by atoms with E-state index >= 15 is 0 Å². The van der Waals surface area contributed by atoms with Crippen LogP contribution >= 0.6 is 0 Å². The first-order valence-corrected chi connectivity index (χ1v) is 3.99. The maximum absolute atomic E-state index is 12.4. The molecule has 2 nitrogen and oxygen atoms in total. The van der Waals surface area contributed by atoms with Gasteiger partial charge in [0.2, 0.25) is 0 Å². The van der Waals surface area contributed by atoms with Crippen LogP contribution < -0.4 is 0 Å². The van der Waals surface area contributed by atoms with Gasteiger partial charge >= 0.3 is 6.18 Å². The van der Waals surface area contributed by atoms with Crippen LogP contribution in [0.1, 0.15) is 23.5 Å². The molecule has 1 heterocycles. The van der Waals surface area contributed by atoms with E-state index in [1.165, 1.54) is 18.2 Å². The summed E-state index contributed by atoms with van der Waals surface area (Å²) in [6.45, 7) is 0. The quantitative estimate of drug-likeness (QED) is 0.702. The highest BCUT2D eigenvalue weighted by molar-refractivity contribution is 5.34. The van der Waals surface area contributed by atoms with Crippen molar-refractivity contribution in [1.82, 2.24) is 0 Å². The van der Waals surface area contributed by atoms with Gasteiger partial charge in [0.05, 0.1) is 0 Å². The Morgan fingerprint density at radius 3 is 2.29 bits per heavy atom. The van der Waals surface area contributed by atoms with Crippen molar-refractivity contribution in [2.45, 2.75) is 18.6 Å².